The van der Waals surface area contributed by atoms with Crippen LogP contribution < -0.4 is 4.90 Å². The second kappa shape index (κ2) is 6.76. The fourth-order valence-corrected chi connectivity index (χ4v) is 2.58. The van der Waals surface area contributed by atoms with Gasteiger partial charge >= 0.3 is 0 Å². The summed E-state index contributed by atoms with van der Waals surface area (Å²) in [7, 11) is 0. The lowest BCUT2D eigenvalue weighted by Crippen LogP contribution is -2.46. The van der Waals surface area contributed by atoms with Crippen molar-refractivity contribution in [1.82, 2.24) is 4.90 Å². The first-order valence-corrected chi connectivity index (χ1v) is 6.95. The zero-order chi connectivity index (χ0) is 12.8. The van der Waals surface area contributed by atoms with Crippen LogP contribution in [0.15, 0.2) is 24.3 Å². The summed E-state index contributed by atoms with van der Waals surface area (Å²) in [6.07, 6.45) is 2.04. The number of piperazine rings is 1. The lowest BCUT2D eigenvalue weighted by atomic mass is 10.1. The summed E-state index contributed by atoms with van der Waals surface area (Å²) in [5, 5.41) is 8.79. The molecule has 1 N–H and O–H groups in total. The second-order valence-electron chi connectivity index (χ2n) is 5.05. The molecule has 0 spiro atoms. The minimum atomic E-state index is 0.323. The summed E-state index contributed by atoms with van der Waals surface area (Å²) >= 11 is 0. The van der Waals surface area contributed by atoms with Crippen LogP contribution >= 0.6 is 0 Å². The largest absolute Gasteiger partial charge is 0.396 e. The Bertz CT molecular complexity index is 359. The molecule has 3 nitrogen and oxygen atoms in total. The molecule has 1 fully saturated rings. The van der Waals surface area contributed by atoms with Gasteiger partial charge in [0.2, 0.25) is 0 Å². The monoisotopic (exact) mass is 248 g/mol. The molecule has 0 radical (unpaired) electrons. The van der Waals surface area contributed by atoms with Gasteiger partial charge in [0.05, 0.1) is 0 Å². The SMILES string of the molecule is Cc1ccccc1N1CCN(CCCCO)CC1. The minimum absolute atomic E-state index is 0.323. The Hall–Kier alpha value is -1.06. The number of aliphatic hydroxyl groups is 1. The van der Waals surface area contributed by atoms with E-state index in [0.717, 1.165) is 45.6 Å². The number of benzene rings is 1. The van der Waals surface area contributed by atoms with E-state index in [1.165, 1.54) is 11.3 Å². The lowest BCUT2D eigenvalue weighted by molar-refractivity contribution is 0.232. The van der Waals surface area contributed by atoms with Crippen LogP contribution in [0.5, 0.6) is 0 Å². The maximum Gasteiger partial charge on any atom is 0.0431 e. The molecular formula is C15H24N2O. The Labute approximate surface area is 110 Å². The summed E-state index contributed by atoms with van der Waals surface area (Å²) in [4.78, 5) is 4.99. The molecular weight excluding hydrogens is 224 g/mol. The highest BCUT2D eigenvalue weighted by atomic mass is 16.2. The Balaban J connectivity index is 1.81. The Morgan fingerprint density at radius 1 is 1.06 bits per heavy atom. The van der Waals surface area contributed by atoms with Crippen molar-refractivity contribution in [2.75, 3.05) is 44.2 Å². The van der Waals surface area contributed by atoms with Gasteiger partial charge in [0.25, 0.3) is 0 Å². The van der Waals surface area contributed by atoms with Crippen molar-refractivity contribution in [2.45, 2.75) is 19.8 Å². The molecule has 100 valence electrons. The van der Waals surface area contributed by atoms with E-state index in [0.29, 0.717) is 6.61 Å². The maximum atomic E-state index is 8.79. The van der Waals surface area contributed by atoms with Crippen molar-refractivity contribution in [3.63, 3.8) is 0 Å². The molecule has 0 bridgehead atoms. The Kier molecular flexibility index (Phi) is 5.02. The number of nitrogens with zero attached hydrogens (tertiary/aromatic N) is 2. The van der Waals surface area contributed by atoms with E-state index in [1.807, 2.05) is 0 Å². The lowest BCUT2D eigenvalue weighted by Gasteiger charge is -2.36. The molecule has 1 heterocycles. The molecule has 0 aromatic heterocycles. The van der Waals surface area contributed by atoms with E-state index >= 15 is 0 Å². The summed E-state index contributed by atoms with van der Waals surface area (Å²) < 4.78 is 0. The molecule has 1 aromatic rings. The first kappa shape index (κ1) is 13.4. The molecule has 1 aromatic carbocycles. The molecule has 1 aliphatic rings. The van der Waals surface area contributed by atoms with E-state index in [2.05, 4.69) is 41.0 Å². The van der Waals surface area contributed by atoms with Crippen LogP contribution in [-0.4, -0.2) is 49.3 Å². The molecule has 0 amide bonds. The van der Waals surface area contributed by atoms with Gasteiger partial charge in [-0.15, -0.1) is 0 Å². The van der Waals surface area contributed by atoms with Crippen LogP contribution in [0, 0.1) is 6.92 Å². The number of rotatable bonds is 5. The van der Waals surface area contributed by atoms with Crippen molar-refractivity contribution < 1.29 is 5.11 Å². The molecule has 18 heavy (non-hydrogen) atoms. The van der Waals surface area contributed by atoms with E-state index in [-0.39, 0.29) is 0 Å². The third-order valence-corrected chi connectivity index (χ3v) is 3.71. The van der Waals surface area contributed by atoms with Crippen LogP contribution in [0.3, 0.4) is 0 Å². The summed E-state index contributed by atoms with van der Waals surface area (Å²) in [6, 6.07) is 8.62. The Morgan fingerprint density at radius 2 is 1.78 bits per heavy atom. The zero-order valence-corrected chi connectivity index (χ0v) is 11.3. The summed E-state index contributed by atoms with van der Waals surface area (Å²) in [5.74, 6) is 0. The molecule has 2 rings (SSSR count). The summed E-state index contributed by atoms with van der Waals surface area (Å²) in [6.45, 7) is 8.14. The molecule has 1 saturated heterocycles. The average Bonchev–Trinajstić information content (AvgIpc) is 2.41. The number of unbranched alkanes of at least 4 members (excludes halogenated alkanes) is 1. The number of hydrogen-bond acceptors (Lipinski definition) is 3. The highest BCUT2D eigenvalue weighted by Crippen LogP contribution is 2.20. The molecule has 0 aliphatic carbocycles. The normalized spacial score (nSPS) is 17.1. The first-order valence-electron chi connectivity index (χ1n) is 6.95. The van der Waals surface area contributed by atoms with E-state index in [4.69, 9.17) is 5.11 Å². The van der Waals surface area contributed by atoms with Gasteiger partial charge in [-0.25, -0.2) is 0 Å². The molecule has 1 aliphatic heterocycles. The smallest absolute Gasteiger partial charge is 0.0431 e. The van der Waals surface area contributed by atoms with Gasteiger partial charge in [-0.05, 0) is 37.9 Å². The average molecular weight is 248 g/mol. The van der Waals surface area contributed by atoms with Gasteiger partial charge in [0.15, 0.2) is 0 Å². The highest BCUT2D eigenvalue weighted by Gasteiger charge is 2.17. The predicted octanol–water partition coefficient (Wildman–Crippen LogP) is 1.89. The van der Waals surface area contributed by atoms with Gasteiger partial charge in [-0.3, -0.25) is 4.90 Å². The van der Waals surface area contributed by atoms with Crippen molar-refractivity contribution >= 4 is 5.69 Å². The standard InChI is InChI=1S/C15H24N2O/c1-14-6-2-3-7-15(14)17-11-9-16(10-12-17)8-4-5-13-18/h2-3,6-7,18H,4-5,8-13H2,1H3. The number of aryl methyl sites for hydroxylation is 1. The number of anilines is 1. The van der Waals surface area contributed by atoms with Crippen molar-refractivity contribution in [1.29, 1.82) is 0 Å². The molecule has 0 atom stereocenters. The van der Waals surface area contributed by atoms with Crippen LogP contribution in [0.1, 0.15) is 18.4 Å². The van der Waals surface area contributed by atoms with Crippen molar-refractivity contribution in [3.8, 4) is 0 Å². The first-order chi connectivity index (χ1) is 8.81. The van der Waals surface area contributed by atoms with Crippen LogP contribution in [0.2, 0.25) is 0 Å². The number of aliphatic hydroxyl groups excluding tert-OH is 1. The minimum Gasteiger partial charge on any atom is -0.396 e. The Morgan fingerprint density at radius 3 is 2.44 bits per heavy atom. The van der Waals surface area contributed by atoms with Gasteiger partial charge < -0.3 is 10.0 Å². The topological polar surface area (TPSA) is 26.7 Å². The number of hydrogen-bond donors (Lipinski definition) is 1. The molecule has 0 unspecified atom stereocenters. The maximum absolute atomic E-state index is 8.79. The molecule has 0 saturated carbocycles. The molecule has 3 heteroatoms. The fraction of sp³-hybridized carbons (Fsp3) is 0.600. The van der Waals surface area contributed by atoms with Gasteiger partial charge in [-0.1, -0.05) is 18.2 Å². The van der Waals surface area contributed by atoms with Crippen LogP contribution in [0.25, 0.3) is 0 Å². The third kappa shape index (κ3) is 3.47. The fourth-order valence-electron chi connectivity index (χ4n) is 2.58. The number of para-hydroxylation sites is 1. The van der Waals surface area contributed by atoms with Crippen LogP contribution in [0.4, 0.5) is 5.69 Å². The van der Waals surface area contributed by atoms with E-state index in [9.17, 15) is 0 Å². The highest BCUT2D eigenvalue weighted by molar-refractivity contribution is 5.53. The van der Waals surface area contributed by atoms with E-state index < -0.39 is 0 Å². The third-order valence-electron chi connectivity index (χ3n) is 3.71. The van der Waals surface area contributed by atoms with Crippen molar-refractivity contribution in [2.24, 2.45) is 0 Å². The van der Waals surface area contributed by atoms with Gasteiger partial charge in [0, 0.05) is 38.5 Å². The summed E-state index contributed by atoms with van der Waals surface area (Å²) in [5.41, 5.74) is 2.75. The predicted molar refractivity (Wildman–Crippen MR) is 76.2 cm³/mol. The van der Waals surface area contributed by atoms with Crippen LogP contribution in [-0.2, 0) is 0 Å². The van der Waals surface area contributed by atoms with E-state index in [1.54, 1.807) is 0 Å². The van der Waals surface area contributed by atoms with Gasteiger partial charge in [-0.2, -0.15) is 0 Å². The van der Waals surface area contributed by atoms with Gasteiger partial charge in [0.1, 0.15) is 0 Å². The zero-order valence-electron chi connectivity index (χ0n) is 11.3. The second-order valence-corrected chi connectivity index (χ2v) is 5.05. The quantitative estimate of drug-likeness (QED) is 0.806. The van der Waals surface area contributed by atoms with Crippen molar-refractivity contribution in [3.05, 3.63) is 29.8 Å².